The maximum absolute atomic E-state index is 12.1. The van der Waals surface area contributed by atoms with Crippen molar-refractivity contribution in [3.8, 4) is 5.75 Å². The van der Waals surface area contributed by atoms with E-state index in [2.05, 4.69) is 4.74 Å². The highest BCUT2D eigenvalue weighted by Crippen LogP contribution is 2.24. The van der Waals surface area contributed by atoms with Crippen LogP contribution >= 0.6 is 11.8 Å². The van der Waals surface area contributed by atoms with E-state index in [4.69, 9.17) is 10.8 Å². The third-order valence-corrected chi connectivity index (χ3v) is 3.17. The lowest BCUT2D eigenvalue weighted by molar-refractivity contribution is -0.137. The van der Waals surface area contributed by atoms with Gasteiger partial charge in [-0.1, -0.05) is 18.2 Å². The summed E-state index contributed by atoms with van der Waals surface area (Å²) in [4.78, 5) is 10.5. The van der Waals surface area contributed by atoms with Crippen LogP contribution in [0.5, 0.6) is 5.75 Å². The minimum absolute atomic E-state index is 0.101. The van der Waals surface area contributed by atoms with Crippen LogP contribution in [0.3, 0.4) is 0 Å². The SMILES string of the molecule is NC(CSCc1ccccc1OC(F)F)C(=O)O. The Morgan fingerprint density at radius 2 is 2.11 bits per heavy atom. The number of para-hydroxylation sites is 1. The third-order valence-electron chi connectivity index (χ3n) is 2.06. The summed E-state index contributed by atoms with van der Waals surface area (Å²) in [6, 6.07) is 5.43. The van der Waals surface area contributed by atoms with E-state index in [1.807, 2.05) is 0 Å². The number of aliphatic carboxylic acids is 1. The van der Waals surface area contributed by atoms with Crippen LogP contribution in [0.25, 0.3) is 0 Å². The van der Waals surface area contributed by atoms with E-state index in [1.165, 1.54) is 17.8 Å². The van der Waals surface area contributed by atoms with Gasteiger partial charge < -0.3 is 15.6 Å². The zero-order valence-electron chi connectivity index (χ0n) is 9.38. The van der Waals surface area contributed by atoms with E-state index in [-0.39, 0.29) is 11.5 Å². The van der Waals surface area contributed by atoms with Crippen molar-refractivity contribution in [1.29, 1.82) is 0 Å². The molecule has 0 saturated heterocycles. The molecule has 18 heavy (non-hydrogen) atoms. The van der Waals surface area contributed by atoms with Gasteiger partial charge >= 0.3 is 12.6 Å². The first-order valence-corrected chi connectivity index (χ1v) is 6.25. The minimum Gasteiger partial charge on any atom is -0.480 e. The number of nitrogens with two attached hydrogens (primary N) is 1. The number of ether oxygens (including phenoxy) is 1. The predicted octanol–water partition coefficient (Wildman–Crippen LogP) is 1.93. The molecular weight excluding hydrogens is 264 g/mol. The third kappa shape index (κ3) is 4.89. The molecule has 3 N–H and O–H groups in total. The highest BCUT2D eigenvalue weighted by molar-refractivity contribution is 7.98. The molecule has 0 fully saturated rings. The molecule has 0 aliphatic heterocycles. The lowest BCUT2D eigenvalue weighted by Crippen LogP contribution is -2.32. The van der Waals surface area contributed by atoms with Gasteiger partial charge in [0.15, 0.2) is 0 Å². The Balaban J connectivity index is 2.53. The lowest BCUT2D eigenvalue weighted by atomic mass is 10.2. The number of hydrogen-bond acceptors (Lipinski definition) is 4. The van der Waals surface area contributed by atoms with Gasteiger partial charge in [-0.05, 0) is 6.07 Å². The molecule has 0 aliphatic rings. The second-order valence-electron chi connectivity index (χ2n) is 3.45. The summed E-state index contributed by atoms with van der Waals surface area (Å²) in [6.07, 6.45) is 0. The van der Waals surface area contributed by atoms with E-state index in [0.717, 1.165) is 0 Å². The molecule has 0 aromatic heterocycles. The number of alkyl halides is 2. The highest BCUT2D eigenvalue weighted by Gasteiger charge is 2.13. The van der Waals surface area contributed by atoms with E-state index >= 15 is 0 Å². The molecule has 1 atom stereocenters. The molecule has 0 aliphatic carbocycles. The average Bonchev–Trinajstić information content (AvgIpc) is 2.30. The molecule has 4 nitrogen and oxygen atoms in total. The molecular formula is C11H13F2NO3S. The minimum atomic E-state index is -2.88. The van der Waals surface area contributed by atoms with E-state index in [1.54, 1.807) is 18.2 Å². The molecule has 0 radical (unpaired) electrons. The predicted molar refractivity (Wildman–Crippen MR) is 64.8 cm³/mol. The molecule has 1 unspecified atom stereocenters. The standard InChI is InChI=1S/C11H13F2NO3S/c12-11(13)17-9-4-2-1-3-7(9)5-18-6-8(14)10(15)16/h1-4,8,11H,5-6,14H2,(H,15,16). The fourth-order valence-electron chi connectivity index (χ4n) is 1.20. The average molecular weight is 277 g/mol. The number of halogens is 2. The molecule has 0 bridgehead atoms. The summed E-state index contributed by atoms with van der Waals surface area (Å²) in [5, 5.41) is 8.59. The van der Waals surface area contributed by atoms with Crippen LogP contribution in [0, 0.1) is 0 Å². The summed E-state index contributed by atoms with van der Waals surface area (Å²) in [5.74, 6) is -0.411. The molecule has 7 heteroatoms. The molecule has 1 aromatic rings. The second kappa shape index (κ2) is 7.17. The van der Waals surface area contributed by atoms with Gasteiger partial charge in [0.1, 0.15) is 11.8 Å². The largest absolute Gasteiger partial charge is 0.480 e. The maximum atomic E-state index is 12.1. The first kappa shape index (κ1) is 14.7. The smallest absolute Gasteiger partial charge is 0.387 e. The molecule has 0 amide bonds. The van der Waals surface area contributed by atoms with Gasteiger partial charge in [0.25, 0.3) is 0 Å². The number of carboxylic acids is 1. The Bertz CT molecular complexity index is 404. The van der Waals surface area contributed by atoms with Crippen molar-refractivity contribution in [3.05, 3.63) is 29.8 Å². The van der Waals surface area contributed by atoms with Crippen LogP contribution in [0.1, 0.15) is 5.56 Å². The van der Waals surface area contributed by atoms with E-state index in [9.17, 15) is 13.6 Å². The van der Waals surface area contributed by atoms with Crippen molar-refractivity contribution < 1.29 is 23.4 Å². The molecule has 100 valence electrons. The zero-order valence-corrected chi connectivity index (χ0v) is 10.2. The summed E-state index contributed by atoms with van der Waals surface area (Å²) < 4.78 is 28.6. The van der Waals surface area contributed by atoms with Crippen molar-refractivity contribution in [2.75, 3.05) is 5.75 Å². The fourth-order valence-corrected chi connectivity index (χ4v) is 2.17. The molecule has 1 rings (SSSR count). The fraction of sp³-hybridized carbons (Fsp3) is 0.364. The van der Waals surface area contributed by atoms with E-state index < -0.39 is 18.6 Å². The Morgan fingerprint density at radius 1 is 1.44 bits per heavy atom. The molecule has 0 spiro atoms. The summed E-state index contributed by atoms with van der Waals surface area (Å²) in [7, 11) is 0. The summed E-state index contributed by atoms with van der Waals surface area (Å²) >= 11 is 1.25. The molecule has 0 saturated carbocycles. The maximum Gasteiger partial charge on any atom is 0.387 e. The van der Waals surface area contributed by atoms with Crippen LogP contribution in [0.2, 0.25) is 0 Å². The van der Waals surface area contributed by atoms with E-state index in [0.29, 0.717) is 11.3 Å². The van der Waals surface area contributed by atoms with Gasteiger partial charge in [0.2, 0.25) is 0 Å². The van der Waals surface area contributed by atoms with Crippen molar-refractivity contribution >= 4 is 17.7 Å². The molecule has 0 heterocycles. The van der Waals surface area contributed by atoms with Crippen LogP contribution < -0.4 is 10.5 Å². The normalized spacial score (nSPS) is 12.4. The van der Waals surface area contributed by atoms with Gasteiger partial charge in [0.05, 0.1) is 0 Å². The topological polar surface area (TPSA) is 72.5 Å². The number of carbonyl (C=O) groups is 1. The van der Waals surface area contributed by atoms with Crippen LogP contribution in [-0.2, 0) is 10.5 Å². The number of thioether (sulfide) groups is 1. The van der Waals surface area contributed by atoms with Gasteiger partial charge in [-0.15, -0.1) is 0 Å². The highest BCUT2D eigenvalue weighted by atomic mass is 32.2. The van der Waals surface area contributed by atoms with Gasteiger partial charge in [-0.3, -0.25) is 4.79 Å². The van der Waals surface area contributed by atoms with Crippen LogP contribution in [0.4, 0.5) is 8.78 Å². The second-order valence-corrected chi connectivity index (χ2v) is 4.48. The van der Waals surface area contributed by atoms with Crippen molar-refractivity contribution in [2.24, 2.45) is 5.73 Å². The Hall–Kier alpha value is -1.34. The zero-order chi connectivity index (χ0) is 13.5. The van der Waals surface area contributed by atoms with Crippen LogP contribution in [0.15, 0.2) is 24.3 Å². The number of carboxylic acid groups (broad SMARTS) is 1. The van der Waals surface area contributed by atoms with Gasteiger partial charge in [-0.25, -0.2) is 0 Å². The number of rotatable bonds is 7. The lowest BCUT2D eigenvalue weighted by Gasteiger charge is -2.11. The van der Waals surface area contributed by atoms with Crippen molar-refractivity contribution in [2.45, 2.75) is 18.4 Å². The Labute approximate surface area is 107 Å². The first-order valence-electron chi connectivity index (χ1n) is 5.09. The first-order chi connectivity index (χ1) is 8.50. The van der Waals surface area contributed by atoms with Crippen LogP contribution in [-0.4, -0.2) is 29.5 Å². The summed E-state index contributed by atoms with van der Waals surface area (Å²) in [5.41, 5.74) is 5.91. The van der Waals surface area contributed by atoms with Crippen molar-refractivity contribution in [3.63, 3.8) is 0 Å². The molecule has 1 aromatic carbocycles. The van der Waals surface area contributed by atoms with Crippen molar-refractivity contribution in [1.82, 2.24) is 0 Å². The van der Waals surface area contributed by atoms with Gasteiger partial charge in [0, 0.05) is 17.1 Å². The number of benzene rings is 1. The number of hydrogen-bond donors (Lipinski definition) is 2. The van der Waals surface area contributed by atoms with Gasteiger partial charge in [-0.2, -0.15) is 20.5 Å². The Kier molecular flexibility index (Phi) is 5.87. The summed E-state index contributed by atoms with van der Waals surface area (Å²) in [6.45, 7) is -2.88. The quantitative estimate of drug-likeness (QED) is 0.796. The monoisotopic (exact) mass is 277 g/mol. The Morgan fingerprint density at radius 3 is 2.72 bits per heavy atom.